The van der Waals surface area contributed by atoms with Gasteiger partial charge in [0, 0.05) is 55.3 Å². The van der Waals surface area contributed by atoms with Gasteiger partial charge in [-0.3, -0.25) is 4.68 Å². The van der Waals surface area contributed by atoms with Crippen LogP contribution in [-0.4, -0.2) is 57.1 Å². The molecule has 0 bridgehead atoms. The molecular formula is C21H24F2N8O2. The molecule has 0 aromatic carbocycles. The summed E-state index contributed by atoms with van der Waals surface area (Å²) < 4.78 is 39.8. The van der Waals surface area contributed by atoms with E-state index < -0.39 is 12.2 Å². The molecule has 174 valence electrons. The predicted octanol–water partition coefficient (Wildman–Crippen LogP) is 2.70. The Labute approximate surface area is 188 Å². The van der Waals surface area contributed by atoms with Crippen molar-refractivity contribution in [1.29, 1.82) is 0 Å². The quantitative estimate of drug-likeness (QED) is 0.467. The van der Waals surface area contributed by atoms with Crippen LogP contribution in [-0.2, 0) is 4.74 Å². The Hall–Kier alpha value is -3.38. The molecule has 2 aliphatic heterocycles. The third kappa shape index (κ3) is 4.86. The highest BCUT2D eigenvalue weighted by Gasteiger charge is 2.22. The number of nitrogens with two attached hydrogens (primary N) is 1. The molecule has 0 aliphatic carbocycles. The van der Waals surface area contributed by atoms with Gasteiger partial charge in [-0.05, 0) is 12.8 Å². The minimum absolute atomic E-state index is 0.0291. The van der Waals surface area contributed by atoms with Crippen molar-refractivity contribution in [3.05, 3.63) is 36.5 Å². The van der Waals surface area contributed by atoms with Crippen LogP contribution in [0.15, 0.2) is 30.7 Å². The van der Waals surface area contributed by atoms with Crippen LogP contribution in [0.2, 0.25) is 0 Å². The normalized spacial score (nSPS) is 18.5. The fourth-order valence-corrected chi connectivity index (χ4v) is 3.72. The zero-order valence-electron chi connectivity index (χ0n) is 17.7. The maximum atomic E-state index is 13.0. The number of ether oxygens (including phenoxy) is 2. The topological polar surface area (TPSA) is 125 Å². The van der Waals surface area contributed by atoms with E-state index in [2.05, 4.69) is 30.7 Å². The molecule has 1 atom stereocenters. The minimum atomic E-state index is -2.84. The zero-order chi connectivity index (χ0) is 22.8. The summed E-state index contributed by atoms with van der Waals surface area (Å²) in [7, 11) is 0. The van der Waals surface area contributed by atoms with E-state index in [0.717, 1.165) is 43.7 Å². The van der Waals surface area contributed by atoms with E-state index in [9.17, 15) is 8.78 Å². The summed E-state index contributed by atoms with van der Waals surface area (Å²) in [4.78, 5) is 11.8. The summed E-state index contributed by atoms with van der Waals surface area (Å²) in [6.45, 7) is 2.89. The summed E-state index contributed by atoms with van der Waals surface area (Å²) in [5, 5.41) is 10.6. The molecule has 2 aliphatic rings. The Morgan fingerprint density at radius 3 is 2.85 bits per heavy atom. The summed E-state index contributed by atoms with van der Waals surface area (Å²) in [6.07, 6.45) is 4.54. The van der Waals surface area contributed by atoms with Crippen LogP contribution in [0.25, 0.3) is 11.1 Å². The molecule has 5 heterocycles. The van der Waals surface area contributed by atoms with E-state index >= 15 is 0 Å². The van der Waals surface area contributed by atoms with E-state index in [0.29, 0.717) is 24.2 Å². The van der Waals surface area contributed by atoms with E-state index in [1.165, 1.54) is 6.07 Å². The molecule has 0 amide bonds. The summed E-state index contributed by atoms with van der Waals surface area (Å²) >= 11 is 0. The van der Waals surface area contributed by atoms with Crippen molar-refractivity contribution in [2.24, 2.45) is 0 Å². The number of nitrogen functional groups attached to an aromatic ring is 1. The molecule has 12 heteroatoms. The van der Waals surface area contributed by atoms with Gasteiger partial charge < -0.3 is 25.8 Å². The highest BCUT2D eigenvalue weighted by Crippen LogP contribution is 2.33. The van der Waals surface area contributed by atoms with Gasteiger partial charge in [0.2, 0.25) is 0 Å². The number of anilines is 3. The number of nitrogens with zero attached hydrogens (tertiary/aromatic N) is 5. The number of nitrogens with one attached hydrogen (secondary N) is 2. The van der Waals surface area contributed by atoms with Crippen LogP contribution in [0.3, 0.4) is 0 Å². The average molecular weight is 458 g/mol. The van der Waals surface area contributed by atoms with Gasteiger partial charge >= 0.3 is 0 Å². The predicted molar refractivity (Wildman–Crippen MR) is 117 cm³/mol. The smallest absolute Gasteiger partial charge is 0.297 e. The molecule has 0 saturated carbocycles. The van der Waals surface area contributed by atoms with Crippen LogP contribution in [0.5, 0.6) is 5.75 Å². The van der Waals surface area contributed by atoms with Gasteiger partial charge in [-0.2, -0.15) is 5.10 Å². The molecule has 0 unspecified atom stereocenters. The summed E-state index contributed by atoms with van der Waals surface area (Å²) in [5.41, 5.74) is 7.28. The highest BCUT2D eigenvalue weighted by molar-refractivity contribution is 5.71. The third-order valence-corrected chi connectivity index (χ3v) is 5.58. The number of alkyl halides is 2. The Morgan fingerprint density at radius 2 is 2.12 bits per heavy atom. The van der Waals surface area contributed by atoms with Crippen molar-refractivity contribution in [2.45, 2.75) is 31.4 Å². The lowest BCUT2D eigenvalue weighted by Gasteiger charge is -2.27. The zero-order valence-corrected chi connectivity index (χ0v) is 17.7. The molecule has 5 rings (SSSR count). The van der Waals surface area contributed by atoms with Gasteiger partial charge in [-0.25, -0.2) is 23.7 Å². The number of pyridine rings is 1. The molecule has 10 nitrogen and oxygen atoms in total. The molecular weight excluding hydrogens is 434 g/mol. The lowest BCUT2D eigenvalue weighted by atomic mass is 10.1. The van der Waals surface area contributed by atoms with Gasteiger partial charge in [-0.1, -0.05) is 0 Å². The highest BCUT2D eigenvalue weighted by atomic mass is 19.3. The van der Waals surface area contributed by atoms with Crippen LogP contribution in [0.1, 0.15) is 31.1 Å². The first-order valence-corrected chi connectivity index (χ1v) is 10.7. The molecule has 3 aromatic rings. The van der Waals surface area contributed by atoms with E-state index in [-0.39, 0.29) is 17.7 Å². The van der Waals surface area contributed by atoms with Crippen molar-refractivity contribution >= 4 is 17.5 Å². The monoisotopic (exact) mass is 458 g/mol. The second kappa shape index (κ2) is 9.24. The van der Waals surface area contributed by atoms with Crippen molar-refractivity contribution in [3.8, 4) is 16.9 Å². The van der Waals surface area contributed by atoms with E-state index in [1.807, 2.05) is 10.9 Å². The molecule has 3 aromatic heterocycles. The molecule has 0 radical (unpaired) electrons. The standard InChI is InChI=1S/C21H24F2N8O2/c22-20(23)21-28-17(24)5-19(30-21)29-18-4-16(33-11-14-2-1-3-32-14)15(9-26-18)12-6-27-31(10-12)13-7-25-8-13/h4-6,9-10,13-14,20,25H,1-3,7-8,11H2,(H3,24,26,28,29,30)/t14-/m0/s1. The first-order valence-electron chi connectivity index (χ1n) is 10.7. The third-order valence-electron chi connectivity index (χ3n) is 5.58. The lowest BCUT2D eigenvalue weighted by molar-refractivity contribution is 0.0681. The number of aromatic nitrogens is 5. The van der Waals surface area contributed by atoms with E-state index in [1.54, 1.807) is 18.5 Å². The van der Waals surface area contributed by atoms with Crippen LogP contribution in [0.4, 0.5) is 26.2 Å². The number of rotatable bonds is 8. The first-order chi connectivity index (χ1) is 16.0. The number of hydrogen-bond acceptors (Lipinski definition) is 9. The van der Waals surface area contributed by atoms with E-state index in [4.69, 9.17) is 15.2 Å². The largest absolute Gasteiger partial charge is 0.490 e. The van der Waals surface area contributed by atoms with Gasteiger partial charge in [-0.15, -0.1) is 0 Å². The summed E-state index contributed by atoms with van der Waals surface area (Å²) in [6, 6.07) is 3.40. The van der Waals surface area contributed by atoms with Crippen LogP contribution in [0, 0.1) is 0 Å². The van der Waals surface area contributed by atoms with Crippen molar-refractivity contribution in [2.75, 3.05) is 37.4 Å². The van der Waals surface area contributed by atoms with Gasteiger partial charge in [0.25, 0.3) is 6.43 Å². The Morgan fingerprint density at radius 1 is 1.24 bits per heavy atom. The number of hydrogen-bond donors (Lipinski definition) is 3. The Balaban J connectivity index is 1.42. The van der Waals surface area contributed by atoms with Crippen molar-refractivity contribution in [1.82, 2.24) is 30.0 Å². The second-order valence-electron chi connectivity index (χ2n) is 7.99. The molecule has 0 spiro atoms. The average Bonchev–Trinajstić information content (AvgIpc) is 3.43. The number of halogens is 2. The fraction of sp³-hybridized carbons (Fsp3) is 0.429. The summed E-state index contributed by atoms with van der Waals surface area (Å²) in [5.74, 6) is 0.350. The SMILES string of the molecule is Nc1cc(Nc2cc(OC[C@@H]3CCCO3)c(-c3cnn(C4CNC4)c3)cn2)nc(C(F)F)n1. The maximum absolute atomic E-state index is 13.0. The van der Waals surface area contributed by atoms with Crippen LogP contribution < -0.4 is 21.1 Å². The maximum Gasteiger partial charge on any atom is 0.297 e. The van der Waals surface area contributed by atoms with Gasteiger partial charge in [0.05, 0.1) is 18.3 Å². The van der Waals surface area contributed by atoms with Crippen LogP contribution >= 0.6 is 0 Å². The molecule has 4 N–H and O–H groups in total. The molecule has 2 saturated heterocycles. The molecule has 33 heavy (non-hydrogen) atoms. The minimum Gasteiger partial charge on any atom is -0.490 e. The fourth-order valence-electron chi connectivity index (χ4n) is 3.72. The lowest BCUT2D eigenvalue weighted by Crippen LogP contribution is -2.43. The Kier molecular flexibility index (Phi) is 6.01. The first kappa shape index (κ1) is 21.5. The molecule has 2 fully saturated rings. The second-order valence-corrected chi connectivity index (χ2v) is 7.99. The van der Waals surface area contributed by atoms with Gasteiger partial charge in [0.15, 0.2) is 5.82 Å². The van der Waals surface area contributed by atoms with Gasteiger partial charge in [0.1, 0.15) is 29.8 Å². The Bertz CT molecular complexity index is 1120. The van der Waals surface area contributed by atoms with Crippen molar-refractivity contribution in [3.63, 3.8) is 0 Å². The van der Waals surface area contributed by atoms with Crippen molar-refractivity contribution < 1.29 is 18.3 Å².